The fourth-order valence-electron chi connectivity index (χ4n) is 1.06. The molecule has 12 heavy (non-hydrogen) atoms. The highest BCUT2D eigenvalue weighted by molar-refractivity contribution is 5.17. The van der Waals surface area contributed by atoms with Crippen molar-refractivity contribution in [2.75, 3.05) is 0 Å². The van der Waals surface area contributed by atoms with Gasteiger partial charge in [-0.05, 0) is 24.5 Å². The van der Waals surface area contributed by atoms with Crippen molar-refractivity contribution < 1.29 is 0 Å². The minimum atomic E-state index is 0.109. The summed E-state index contributed by atoms with van der Waals surface area (Å²) in [5.74, 6) is 0.467. The number of nitrogens with zero attached hydrogens (tertiary/aromatic N) is 1. The van der Waals surface area contributed by atoms with Crippen molar-refractivity contribution in [3.05, 3.63) is 29.6 Å². The third kappa shape index (κ3) is 2.05. The fourth-order valence-corrected chi connectivity index (χ4v) is 1.06. The Hall–Kier alpha value is -0.890. The molecule has 0 aliphatic heterocycles. The molecule has 0 aliphatic carbocycles. The van der Waals surface area contributed by atoms with E-state index in [1.54, 1.807) is 0 Å². The van der Waals surface area contributed by atoms with E-state index in [-0.39, 0.29) is 6.04 Å². The van der Waals surface area contributed by atoms with E-state index in [0.717, 1.165) is 11.3 Å². The first-order valence-corrected chi connectivity index (χ1v) is 4.29. The van der Waals surface area contributed by atoms with Gasteiger partial charge in [0.1, 0.15) is 0 Å². The summed E-state index contributed by atoms with van der Waals surface area (Å²) < 4.78 is 0. The Balaban J connectivity index is 2.82. The molecule has 1 heterocycles. The summed E-state index contributed by atoms with van der Waals surface area (Å²) in [4.78, 5) is 4.20. The van der Waals surface area contributed by atoms with E-state index in [2.05, 4.69) is 18.8 Å². The Bertz CT molecular complexity index is 239. The van der Waals surface area contributed by atoms with Crippen molar-refractivity contribution >= 4 is 0 Å². The van der Waals surface area contributed by atoms with Gasteiger partial charge in [-0.15, -0.1) is 0 Å². The second-order valence-electron chi connectivity index (χ2n) is 3.50. The minimum Gasteiger partial charge on any atom is -0.324 e. The zero-order valence-electron chi connectivity index (χ0n) is 7.91. The largest absolute Gasteiger partial charge is 0.324 e. The molecule has 0 amide bonds. The van der Waals surface area contributed by atoms with Crippen LogP contribution in [0.2, 0.25) is 0 Å². The van der Waals surface area contributed by atoms with Crippen LogP contribution in [-0.4, -0.2) is 4.98 Å². The average Bonchev–Trinajstić information content (AvgIpc) is 2.04. The number of pyridine rings is 1. The van der Waals surface area contributed by atoms with Gasteiger partial charge in [0.15, 0.2) is 0 Å². The SMILES string of the molecule is Cc1ccc(C(N)C(C)C)cn1. The standard InChI is InChI=1S/C10H16N2/c1-7(2)10(11)9-5-4-8(3)12-6-9/h4-7,10H,11H2,1-3H3. The predicted octanol–water partition coefficient (Wildman–Crippen LogP) is 2.05. The maximum absolute atomic E-state index is 5.95. The molecule has 1 unspecified atom stereocenters. The van der Waals surface area contributed by atoms with Crippen LogP contribution in [-0.2, 0) is 0 Å². The number of hydrogen-bond donors (Lipinski definition) is 1. The molecular formula is C10H16N2. The van der Waals surface area contributed by atoms with Gasteiger partial charge in [0, 0.05) is 17.9 Å². The summed E-state index contributed by atoms with van der Waals surface area (Å²) in [7, 11) is 0. The van der Waals surface area contributed by atoms with Crippen LogP contribution in [0.5, 0.6) is 0 Å². The van der Waals surface area contributed by atoms with Crippen molar-refractivity contribution in [1.82, 2.24) is 4.98 Å². The molecule has 1 aromatic rings. The fraction of sp³-hybridized carbons (Fsp3) is 0.500. The highest BCUT2D eigenvalue weighted by Gasteiger charge is 2.09. The van der Waals surface area contributed by atoms with Gasteiger partial charge >= 0.3 is 0 Å². The Morgan fingerprint density at radius 2 is 2.00 bits per heavy atom. The molecule has 0 radical (unpaired) electrons. The lowest BCUT2D eigenvalue weighted by atomic mass is 9.98. The summed E-state index contributed by atoms with van der Waals surface area (Å²) in [6, 6.07) is 4.16. The first-order valence-electron chi connectivity index (χ1n) is 4.29. The summed E-state index contributed by atoms with van der Waals surface area (Å²) in [6.45, 7) is 6.21. The second-order valence-corrected chi connectivity index (χ2v) is 3.50. The van der Waals surface area contributed by atoms with Gasteiger partial charge in [0.2, 0.25) is 0 Å². The zero-order chi connectivity index (χ0) is 9.14. The maximum atomic E-state index is 5.95. The minimum absolute atomic E-state index is 0.109. The molecule has 2 N–H and O–H groups in total. The van der Waals surface area contributed by atoms with Crippen LogP contribution >= 0.6 is 0 Å². The molecule has 0 aromatic carbocycles. The van der Waals surface area contributed by atoms with Crippen LogP contribution in [0.15, 0.2) is 18.3 Å². The molecule has 0 bridgehead atoms. The van der Waals surface area contributed by atoms with Crippen molar-refractivity contribution in [2.45, 2.75) is 26.8 Å². The molecule has 2 heteroatoms. The van der Waals surface area contributed by atoms with Crippen LogP contribution in [0, 0.1) is 12.8 Å². The van der Waals surface area contributed by atoms with E-state index in [1.807, 2.05) is 25.3 Å². The highest BCUT2D eigenvalue weighted by Crippen LogP contribution is 2.17. The van der Waals surface area contributed by atoms with Crippen LogP contribution < -0.4 is 5.73 Å². The van der Waals surface area contributed by atoms with E-state index in [1.165, 1.54) is 0 Å². The molecule has 1 aromatic heterocycles. The summed E-state index contributed by atoms with van der Waals surface area (Å²) in [5.41, 5.74) is 8.11. The van der Waals surface area contributed by atoms with Crippen LogP contribution in [0.25, 0.3) is 0 Å². The molecule has 66 valence electrons. The summed E-state index contributed by atoms with van der Waals surface area (Å²) in [5, 5.41) is 0. The quantitative estimate of drug-likeness (QED) is 0.726. The first kappa shape index (κ1) is 9.20. The average molecular weight is 164 g/mol. The third-order valence-corrected chi connectivity index (χ3v) is 2.04. The number of hydrogen-bond acceptors (Lipinski definition) is 2. The Kier molecular flexibility index (Phi) is 2.82. The van der Waals surface area contributed by atoms with Crippen LogP contribution in [0.3, 0.4) is 0 Å². The van der Waals surface area contributed by atoms with Gasteiger partial charge in [-0.2, -0.15) is 0 Å². The van der Waals surface area contributed by atoms with E-state index < -0.39 is 0 Å². The number of rotatable bonds is 2. The Morgan fingerprint density at radius 1 is 1.33 bits per heavy atom. The van der Waals surface area contributed by atoms with Crippen molar-refractivity contribution in [1.29, 1.82) is 0 Å². The van der Waals surface area contributed by atoms with Crippen molar-refractivity contribution in [3.8, 4) is 0 Å². The van der Waals surface area contributed by atoms with Gasteiger partial charge in [-0.25, -0.2) is 0 Å². The molecule has 1 atom stereocenters. The van der Waals surface area contributed by atoms with E-state index >= 15 is 0 Å². The van der Waals surface area contributed by atoms with Gasteiger partial charge in [0.05, 0.1) is 0 Å². The van der Waals surface area contributed by atoms with Crippen LogP contribution in [0.4, 0.5) is 0 Å². The Labute approximate surface area is 73.8 Å². The molecule has 0 spiro atoms. The highest BCUT2D eigenvalue weighted by atomic mass is 14.7. The Morgan fingerprint density at radius 3 is 2.42 bits per heavy atom. The van der Waals surface area contributed by atoms with Gasteiger partial charge < -0.3 is 5.73 Å². The summed E-state index contributed by atoms with van der Waals surface area (Å²) in [6.07, 6.45) is 1.86. The van der Waals surface area contributed by atoms with E-state index in [9.17, 15) is 0 Å². The zero-order valence-corrected chi connectivity index (χ0v) is 7.91. The van der Waals surface area contributed by atoms with E-state index in [4.69, 9.17) is 5.73 Å². The third-order valence-electron chi connectivity index (χ3n) is 2.04. The maximum Gasteiger partial charge on any atom is 0.0372 e. The first-order chi connectivity index (χ1) is 5.61. The predicted molar refractivity (Wildman–Crippen MR) is 50.7 cm³/mol. The molecule has 0 saturated carbocycles. The van der Waals surface area contributed by atoms with Gasteiger partial charge in [-0.1, -0.05) is 19.9 Å². The smallest absolute Gasteiger partial charge is 0.0372 e. The lowest BCUT2D eigenvalue weighted by molar-refractivity contribution is 0.513. The number of aryl methyl sites for hydroxylation is 1. The molecule has 0 aliphatic rings. The molecule has 0 saturated heterocycles. The normalized spacial score (nSPS) is 13.4. The number of nitrogens with two attached hydrogens (primary N) is 1. The topological polar surface area (TPSA) is 38.9 Å². The van der Waals surface area contributed by atoms with Gasteiger partial charge in [0.25, 0.3) is 0 Å². The number of aromatic nitrogens is 1. The lowest BCUT2D eigenvalue weighted by Gasteiger charge is -2.15. The van der Waals surface area contributed by atoms with Crippen molar-refractivity contribution in [2.24, 2.45) is 11.7 Å². The van der Waals surface area contributed by atoms with Crippen LogP contribution in [0.1, 0.15) is 31.1 Å². The summed E-state index contributed by atoms with van der Waals surface area (Å²) >= 11 is 0. The molecular weight excluding hydrogens is 148 g/mol. The molecule has 2 nitrogen and oxygen atoms in total. The molecule has 1 rings (SSSR count). The van der Waals surface area contributed by atoms with Gasteiger partial charge in [-0.3, -0.25) is 4.98 Å². The second kappa shape index (κ2) is 3.68. The van der Waals surface area contributed by atoms with E-state index in [0.29, 0.717) is 5.92 Å². The van der Waals surface area contributed by atoms with Crippen molar-refractivity contribution in [3.63, 3.8) is 0 Å². The lowest BCUT2D eigenvalue weighted by Crippen LogP contribution is -2.16. The molecule has 0 fully saturated rings. The monoisotopic (exact) mass is 164 g/mol.